The zero-order chi connectivity index (χ0) is 20.8. The second kappa shape index (κ2) is 24.4. The third kappa shape index (κ3) is 28.7. The second-order valence-electron chi connectivity index (χ2n) is 7.44. The number of hydrogen-bond acceptors (Lipinski definition) is 4. The summed E-state index contributed by atoms with van der Waals surface area (Å²) in [7, 11) is 0. The van der Waals surface area contributed by atoms with E-state index in [1.54, 1.807) is 6.92 Å². The number of unbranched alkanes of at least 4 members (excludes halogenated alkanes) is 9. The van der Waals surface area contributed by atoms with E-state index in [-0.39, 0.29) is 27.7 Å². The van der Waals surface area contributed by atoms with Crippen molar-refractivity contribution in [2.45, 2.75) is 122 Å². The molecule has 0 aromatic heterocycles. The molecule has 0 fully saturated rings. The Balaban J connectivity index is 0. The van der Waals surface area contributed by atoms with E-state index in [1.165, 1.54) is 62.2 Å². The van der Waals surface area contributed by atoms with E-state index in [4.69, 9.17) is 9.84 Å². The Kier molecular flexibility index (Phi) is 26.7. The summed E-state index contributed by atoms with van der Waals surface area (Å²) in [4.78, 5) is 3.99. The van der Waals surface area contributed by atoms with Crippen molar-refractivity contribution in [3.8, 4) is 0 Å². The number of rotatable bonds is 17. The first-order valence-electron chi connectivity index (χ1n) is 11.1. The SMILES string of the molecule is CCCCCCCCCCCCC(O)/N=C(\C)CO.C[CH2][Sn][CH2]OC(C)C. The summed E-state index contributed by atoms with van der Waals surface area (Å²) in [5.41, 5.74) is 0.611. The fourth-order valence-electron chi connectivity index (χ4n) is 2.50. The van der Waals surface area contributed by atoms with Gasteiger partial charge in [0.25, 0.3) is 0 Å². The summed E-state index contributed by atoms with van der Waals surface area (Å²) < 4.78 is 7.85. The van der Waals surface area contributed by atoms with E-state index in [2.05, 4.69) is 32.7 Å². The van der Waals surface area contributed by atoms with Gasteiger partial charge in [-0.3, -0.25) is 4.99 Å². The van der Waals surface area contributed by atoms with Crippen LogP contribution in [0.15, 0.2) is 4.99 Å². The number of hydrogen-bond donors (Lipinski definition) is 2. The minimum absolute atomic E-state index is 0.0604. The molecule has 0 heterocycles. The van der Waals surface area contributed by atoms with E-state index in [9.17, 15) is 5.11 Å². The maximum atomic E-state index is 9.58. The van der Waals surface area contributed by atoms with Crippen molar-refractivity contribution in [1.82, 2.24) is 0 Å². The van der Waals surface area contributed by atoms with Crippen molar-refractivity contribution >= 4 is 26.9 Å². The molecule has 1 unspecified atom stereocenters. The first kappa shape index (κ1) is 29.5. The average Bonchev–Trinajstić information content (AvgIpc) is 2.63. The van der Waals surface area contributed by atoms with Gasteiger partial charge in [-0.2, -0.15) is 0 Å². The van der Waals surface area contributed by atoms with Crippen LogP contribution in [0.1, 0.15) is 105 Å². The van der Waals surface area contributed by atoms with Crippen LogP contribution in [0.3, 0.4) is 0 Å². The molecule has 0 amide bonds. The molecule has 0 spiro atoms. The van der Waals surface area contributed by atoms with Crippen molar-refractivity contribution in [1.29, 1.82) is 0 Å². The van der Waals surface area contributed by atoms with Crippen LogP contribution >= 0.6 is 0 Å². The van der Waals surface area contributed by atoms with Crippen molar-refractivity contribution in [3.05, 3.63) is 0 Å². The quantitative estimate of drug-likeness (QED) is 0.158. The van der Waals surface area contributed by atoms with Crippen molar-refractivity contribution in [2.24, 2.45) is 4.99 Å². The minimum atomic E-state index is -0.624. The van der Waals surface area contributed by atoms with Crippen LogP contribution in [-0.2, 0) is 4.74 Å². The van der Waals surface area contributed by atoms with Gasteiger partial charge in [-0.25, -0.2) is 0 Å². The molecule has 2 N–H and O–H groups in total. The van der Waals surface area contributed by atoms with Gasteiger partial charge < -0.3 is 10.2 Å². The zero-order valence-electron chi connectivity index (χ0n) is 18.8. The summed E-state index contributed by atoms with van der Waals surface area (Å²) in [5.74, 6) is 0. The summed E-state index contributed by atoms with van der Waals surface area (Å²) in [6, 6.07) is 0. The van der Waals surface area contributed by atoms with E-state index in [0.29, 0.717) is 18.2 Å². The Morgan fingerprint density at radius 2 is 1.44 bits per heavy atom. The molecule has 0 aromatic rings. The fourth-order valence-corrected chi connectivity index (χ4v) is 4.37. The summed E-state index contributed by atoms with van der Waals surface area (Å²) >= 11 is -0.0754. The second-order valence-corrected chi connectivity index (χ2v) is 11.7. The number of nitrogens with zero attached hydrogens (tertiary/aromatic N) is 1. The number of aliphatic hydroxyl groups excluding tert-OH is 2. The summed E-state index contributed by atoms with van der Waals surface area (Å²) in [5, 5.41) is 18.4. The predicted molar refractivity (Wildman–Crippen MR) is 120 cm³/mol. The number of ether oxygens (including phenoxy) is 1. The van der Waals surface area contributed by atoms with Crippen molar-refractivity contribution < 1.29 is 14.9 Å². The molecule has 0 rings (SSSR count). The van der Waals surface area contributed by atoms with Gasteiger partial charge in [0.1, 0.15) is 6.23 Å². The maximum absolute atomic E-state index is 9.58. The standard InChI is InChI=1S/C16H33NO2.C4H9O.C2H5.Sn/c1-3-4-5-6-7-8-9-10-11-12-13-16(19)17-15(2)14-18;1-4(2)5-3;1-2;/h16,18-19H,3-14H2,1-2H3;4H,3H2,1-2H3;1H2,2H3;/b17-15+;;;. The van der Waals surface area contributed by atoms with Gasteiger partial charge in [-0.1, -0.05) is 64.7 Å². The molecular weight excluding hydrogens is 445 g/mol. The molecule has 5 heteroatoms. The molecule has 0 aliphatic carbocycles. The molecule has 0 aromatic carbocycles. The van der Waals surface area contributed by atoms with E-state index >= 15 is 0 Å². The molecule has 0 saturated carbocycles. The molecular formula is C22H47NO3Sn. The van der Waals surface area contributed by atoms with Crippen LogP contribution < -0.4 is 0 Å². The molecule has 0 aliphatic rings. The Morgan fingerprint density at radius 3 is 1.89 bits per heavy atom. The molecule has 0 bridgehead atoms. The molecule has 0 aliphatic heterocycles. The number of aliphatic hydroxyl groups is 2. The van der Waals surface area contributed by atoms with E-state index in [0.717, 1.165) is 11.0 Å². The van der Waals surface area contributed by atoms with Crippen LogP contribution in [0, 0.1) is 0 Å². The molecule has 4 nitrogen and oxygen atoms in total. The third-order valence-corrected chi connectivity index (χ3v) is 6.67. The fraction of sp³-hybridized carbons (Fsp3) is 0.955. The Morgan fingerprint density at radius 1 is 0.926 bits per heavy atom. The van der Waals surface area contributed by atoms with E-state index < -0.39 is 6.23 Å². The predicted octanol–water partition coefficient (Wildman–Crippen LogP) is 5.58. The van der Waals surface area contributed by atoms with Crippen molar-refractivity contribution in [3.63, 3.8) is 0 Å². The average molecular weight is 492 g/mol. The van der Waals surface area contributed by atoms with Gasteiger partial charge in [0.2, 0.25) is 0 Å². The monoisotopic (exact) mass is 493 g/mol. The molecule has 1 atom stereocenters. The number of aliphatic imine (C=N–C) groups is 1. The van der Waals surface area contributed by atoms with E-state index in [1.807, 2.05) is 0 Å². The molecule has 2 radical (unpaired) electrons. The summed E-state index contributed by atoms with van der Waals surface area (Å²) in [6.07, 6.45) is 13.6. The van der Waals surface area contributed by atoms with Crippen LogP contribution in [0.2, 0.25) is 4.44 Å². The Hall–Kier alpha value is 0.349. The molecule has 27 heavy (non-hydrogen) atoms. The van der Waals surface area contributed by atoms with Crippen LogP contribution in [-0.4, -0.2) is 60.6 Å². The van der Waals surface area contributed by atoms with Gasteiger partial charge in [-0.15, -0.1) is 0 Å². The van der Waals surface area contributed by atoms with Gasteiger partial charge in [0, 0.05) is 5.71 Å². The van der Waals surface area contributed by atoms with Gasteiger partial charge in [0.15, 0.2) is 0 Å². The van der Waals surface area contributed by atoms with Crippen molar-refractivity contribution in [2.75, 3.05) is 11.2 Å². The van der Waals surface area contributed by atoms with Crippen LogP contribution in [0.25, 0.3) is 0 Å². The first-order chi connectivity index (χ1) is 13.0. The topological polar surface area (TPSA) is 62.1 Å². The Bertz CT molecular complexity index is 312. The normalized spacial score (nSPS) is 12.8. The molecule has 162 valence electrons. The Labute approximate surface area is 179 Å². The third-order valence-electron chi connectivity index (χ3n) is 4.18. The van der Waals surface area contributed by atoms with Crippen LogP contribution in [0.4, 0.5) is 0 Å². The molecule has 0 saturated heterocycles. The van der Waals surface area contributed by atoms with Gasteiger partial charge in [0.05, 0.1) is 6.61 Å². The van der Waals surface area contributed by atoms with Gasteiger partial charge in [-0.05, 0) is 19.8 Å². The zero-order valence-corrected chi connectivity index (χ0v) is 21.7. The van der Waals surface area contributed by atoms with Crippen LogP contribution in [0.5, 0.6) is 0 Å². The summed E-state index contributed by atoms with van der Waals surface area (Å²) in [6.45, 7) is 10.4. The first-order valence-corrected chi connectivity index (χ1v) is 15.2. The van der Waals surface area contributed by atoms with Gasteiger partial charge >= 0.3 is 61.8 Å².